The van der Waals surface area contributed by atoms with Crippen molar-refractivity contribution in [3.63, 3.8) is 0 Å². The predicted octanol–water partition coefficient (Wildman–Crippen LogP) is 0.841. The molecule has 18 heavy (non-hydrogen) atoms. The maximum atomic E-state index is 11.7. The summed E-state index contributed by atoms with van der Waals surface area (Å²) in [5, 5.41) is 18.5. The van der Waals surface area contributed by atoms with E-state index in [9.17, 15) is 9.59 Å². The number of aromatic carboxylic acids is 1. The highest BCUT2D eigenvalue weighted by Gasteiger charge is 2.16. The van der Waals surface area contributed by atoms with Crippen LogP contribution >= 0.6 is 0 Å². The molecule has 0 aromatic carbocycles. The molecule has 1 amide bonds. The van der Waals surface area contributed by atoms with E-state index < -0.39 is 11.9 Å². The van der Waals surface area contributed by atoms with Crippen molar-refractivity contribution in [2.24, 2.45) is 0 Å². The molecule has 0 saturated carbocycles. The van der Waals surface area contributed by atoms with E-state index in [1.54, 1.807) is 10.9 Å². The van der Waals surface area contributed by atoms with Gasteiger partial charge in [-0.05, 0) is 6.92 Å². The number of carbonyl (C=O) groups is 2. The second kappa shape index (κ2) is 4.70. The lowest BCUT2D eigenvalue weighted by Crippen LogP contribution is -2.11. The van der Waals surface area contributed by atoms with E-state index >= 15 is 0 Å². The van der Waals surface area contributed by atoms with Crippen LogP contribution in [0.1, 0.15) is 28.0 Å². The number of nitrogens with one attached hydrogen (secondary N) is 1. The van der Waals surface area contributed by atoms with Crippen LogP contribution in [0.2, 0.25) is 0 Å². The standard InChI is InChI=1S/C10H10N4O4/c1-2-14-5-6(4-11-14)12-9(15)7-3-8(10(16)17)18-13-7/h3-5H,2H2,1H3,(H,12,15)(H,16,17). The Morgan fingerprint density at radius 2 is 2.33 bits per heavy atom. The smallest absolute Gasteiger partial charge is 0.374 e. The van der Waals surface area contributed by atoms with Gasteiger partial charge in [0.05, 0.1) is 11.9 Å². The van der Waals surface area contributed by atoms with Crippen molar-refractivity contribution in [1.29, 1.82) is 0 Å². The van der Waals surface area contributed by atoms with Crippen LogP contribution in [0.3, 0.4) is 0 Å². The van der Waals surface area contributed by atoms with Gasteiger partial charge in [0, 0.05) is 18.8 Å². The Hall–Kier alpha value is -2.64. The van der Waals surface area contributed by atoms with E-state index in [0.717, 1.165) is 6.07 Å². The fraction of sp³-hybridized carbons (Fsp3) is 0.200. The fourth-order valence-corrected chi connectivity index (χ4v) is 1.28. The molecule has 2 N–H and O–H groups in total. The Labute approximate surface area is 101 Å². The van der Waals surface area contributed by atoms with Crippen molar-refractivity contribution >= 4 is 17.6 Å². The molecule has 0 bridgehead atoms. The minimum atomic E-state index is -1.28. The van der Waals surface area contributed by atoms with Crippen molar-refractivity contribution in [2.45, 2.75) is 13.5 Å². The van der Waals surface area contributed by atoms with Crippen molar-refractivity contribution in [1.82, 2.24) is 14.9 Å². The molecule has 0 saturated heterocycles. The molecular formula is C10H10N4O4. The predicted molar refractivity (Wildman–Crippen MR) is 59.3 cm³/mol. The Bertz CT molecular complexity index is 586. The largest absolute Gasteiger partial charge is 0.475 e. The lowest BCUT2D eigenvalue weighted by Gasteiger charge is -1.97. The zero-order chi connectivity index (χ0) is 13.1. The second-order valence-electron chi connectivity index (χ2n) is 3.42. The molecule has 2 heterocycles. The third-order valence-corrected chi connectivity index (χ3v) is 2.17. The summed E-state index contributed by atoms with van der Waals surface area (Å²) in [4.78, 5) is 22.2. The van der Waals surface area contributed by atoms with Crippen LogP contribution in [-0.2, 0) is 6.54 Å². The molecule has 8 nitrogen and oxygen atoms in total. The summed E-state index contributed by atoms with van der Waals surface area (Å²) in [6, 6.07) is 1.06. The van der Waals surface area contributed by atoms with Crippen molar-refractivity contribution < 1.29 is 19.2 Å². The number of carboxylic acid groups (broad SMARTS) is 1. The monoisotopic (exact) mass is 250 g/mol. The maximum absolute atomic E-state index is 11.7. The van der Waals surface area contributed by atoms with Gasteiger partial charge in [0.2, 0.25) is 5.76 Å². The molecule has 0 fully saturated rings. The van der Waals surface area contributed by atoms with Crippen LogP contribution in [0, 0.1) is 0 Å². The number of amides is 1. The van der Waals surface area contributed by atoms with Crippen LogP contribution < -0.4 is 5.32 Å². The van der Waals surface area contributed by atoms with Gasteiger partial charge >= 0.3 is 5.97 Å². The number of hydrogen-bond acceptors (Lipinski definition) is 5. The molecule has 0 radical (unpaired) electrons. The van der Waals surface area contributed by atoms with Crippen molar-refractivity contribution in [3.05, 3.63) is 29.9 Å². The molecule has 0 unspecified atom stereocenters. The van der Waals surface area contributed by atoms with Gasteiger partial charge in [-0.3, -0.25) is 9.48 Å². The third kappa shape index (κ3) is 2.37. The van der Waals surface area contributed by atoms with Gasteiger partial charge in [-0.25, -0.2) is 4.79 Å². The molecule has 2 rings (SSSR count). The number of carboxylic acids is 1. The SMILES string of the molecule is CCn1cc(NC(=O)c2cc(C(=O)O)on2)cn1. The molecule has 2 aromatic heterocycles. The third-order valence-electron chi connectivity index (χ3n) is 2.17. The number of nitrogens with zero attached hydrogens (tertiary/aromatic N) is 3. The van der Waals surface area contributed by atoms with Gasteiger partial charge in [-0.2, -0.15) is 5.10 Å². The number of anilines is 1. The van der Waals surface area contributed by atoms with Gasteiger partial charge in [-0.15, -0.1) is 0 Å². The summed E-state index contributed by atoms with van der Waals surface area (Å²) < 4.78 is 6.12. The Kier molecular flexibility index (Phi) is 3.09. The molecule has 0 aliphatic rings. The van der Waals surface area contributed by atoms with Gasteiger partial charge in [0.25, 0.3) is 5.91 Å². The number of rotatable bonds is 4. The zero-order valence-electron chi connectivity index (χ0n) is 9.45. The van der Waals surface area contributed by atoms with E-state index in [2.05, 4.69) is 20.1 Å². The lowest BCUT2D eigenvalue weighted by atomic mass is 10.3. The first-order chi connectivity index (χ1) is 8.60. The maximum Gasteiger partial charge on any atom is 0.374 e. The molecular weight excluding hydrogens is 240 g/mol. The molecule has 2 aromatic rings. The normalized spacial score (nSPS) is 10.3. The topological polar surface area (TPSA) is 110 Å². The summed E-state index contributed by atoms with van der Waals surface area (Å²) in [5.41, 5.74) is 0.401. The molecule has 0 spiro atoms. The summed E-state index contributed by atoms with van der Waals surface area (Å²) in [7, 11) is 0. The first kappa shape index (κ1) is 11.8. The Morgan fingerprint density at radius 3 is 2.89 bits per heavy atom. The van der Waals surface area contributed by atoms with Crippen LogP contribution in [-0.4, -0.2) is 31.9 Å². The van der Waals surface area contributed by atoms with Gasteiger partial charge in [-0.1, -0.05) is 5.16 Å². The Balaban J connectivity index is 2.09. The minimum Gasteiger partial charge on any atom is -0.475 e. The zero-order valence-corrected chi connectivity index (χ0v) is 9.45. The number of hydrogen-bond donors (Lipinski definition) is 2. The number of carbonyl (C=O) groups excluding carboxylic acids is 1. The van der Waals surface area contributed by atoms with Gasteiger partial charge in [0.15, 0.2) is 5.69 Å². The van der Waals surface area contributed by atoms with E-state index in [4.69, 9.17) is 5.11 Å². The highest BCUT2D eigenvalue weighted by molar-refractivity contribution is 6.03. The summed E-state index contributed by atoms with van der Waals surface area (Å²) in [6.07, 6.45) is 3.13. The Morgan fingerprint density at radius 1 is 1.56 bits per heavy atom. The van der Waals surface area contributed by atoms with E-state index in [1.165, 1.54) is 6.20 Å². The van der Waals surface area contributed by atoms with Crippen LogP contribution in [0.5, 0.6) is 0 Å². The van der Waals surface area contributed by atoms with Gasteiger partial charge < -0.3 is 14.9 Å². The number of aryl methyl sites for hydroxylation is 1. The van der Waals surface area contributed by atoms with Crippen molar-refractivity contribution in [3.8, 4) is 0 Å². The number of aromatic nitrogens is 3. The van der Waals surface area contributed by atoms with Gasteiger partial charge in [0.1, 0.15) is 0 Å². The average molecular weight is 250 g/mol. The van der Waals surface area contributed by atoms with Crippen LogP contribution in [0.4, 0.5) is 5.69 Å². The average Bonchev–Trinajstić information content (AvgIpc) is 2.97. The summed E-state index contributed by atoms with van der Waals surface area (Å²) >= 11 is 0. The highest BCUT2D eigenvalue weighted by Crippen LogP contribution is 2.09. The molecule has 0 aliphatic heterocycles. The van der Waals surface area contributed by atoms with Crippen molar-refractivity contribution in [2.75, 3.05) is 5.32 Å². The van der Waals surface area contributed by atoms with Crippen LogP contribution in [0.25, 0.3) is 0 Å². The van der Waals surface area contributed by atoms with E-state index in [-0.39, 0.29) is 11.5 Å². The van der Waals surface area contributed by atoms with Crippen LogP contribution in [0.15, 0.2) is 23.0 Å². The van der Waals surface area contributed by atoms with E-state index in [0.29, 0.717) is 12.2 Å². The molecule has 8 heteroatoms. The molecule has 0 aliphatic carbocycles. The molecule has 94 valence electrons. The molecule has 0 atom stereocenters. The summed E-state index contributed by atoms with van der Waals surface area (Å²) in [5.74, 6) is -2.22. The minimum absolute atomic E-state index is 0.100. The first-order valence-corrected chi connectivity index (χ1v) is 5.14. The van der Waals surface area contributed by atoms with E-state index in [1.807, 2.05) is 6.92 Å². The lowest BCUT2D eigenvalue weighted by molar-refractivity contribution is 0.0651. The first-order valence-electron chi connectivity index (χ1n) is 5.14. The fourth-order valence-electron chi connectivity index (χ4n) is 1.28. The highest BCUT2D eigenvalue weighted by atomic mass is 16.5. The quantitative estimate of drug-likeness (QED) is 0.831. The summed E-state index contributed by atoms with van der Waals surface area (Å²) in [6.45, 7) is 2.60. The second-order valence-corrected chi connectivity index (χ2v) is 3.42.